The van der Waals surface area contributed by atoms with Gasteiger partial charge in [0, 0.05) is 13.7 Å². The van der Waals surface area contributed by atoms with Crippen molar-refractivity contribution < 1.29 is 28.6 Å². The van der Waals surface area contributed by atoms with Crippen LogP contribution in [0.15, 0.2) is 18.2 Å². The van der Waals surface area contributed by atoms with Gasteiger partial charge in [0.2, 0.25) is 0 Å². The summed E-state index contributed by atoms with van der Waals surface area (Å²) in [7, 11) is 2.66. The molecule has 20 heavy (non-hydrogen) atoms. The van der Waals surface area contributed by atoms with Crippen LogP contribution < -0.4 is 10.1 Å². The van der Waals surface area contributed by atoms with Crippen molar-refractivity contribution in [3.63, 3.8) is 0 Å². The first-order chi connectivity index (χ1) is 9.49. The Bertz CT molecular complexity index is 492. The van der Waals surface area contributed by atoms with Gasteiger partial charge in [0.05, 0.1) is 19.6 Å². The minimum atomic E-state index is -1.05. The lowest BCUT2D eigenvalue weighted by Gasteiger charge is -2.15. The highest BCUT2D eigenvalue weighted by atomic mass is 19.1. The Morgan fingerprint density at radius 3 is 2.65 bits per heavy atom. The molecule has 0 heterocycles. The minimum absolute atomic E-state index is 0.0425. The van der Waals surface area contributed by atoms with Crippen LogP contribution >= 0.6 is 0 Å². The SMILES string of the molecule is COc1cccc(F)c1C(=O)NCC(CC(=O)O)OC. The lowest BCUT2D eigenvalue weighted by atomic mass is 10.1. The summed E-state index contributed by atoms with van der Waals surface area (Å²) >= 11 is 0. The van der Waals surface area contributed by atoms with Gasteiger partial charge in [-0.15, -0.1) is 0 Å². The van der Waals surface area contributed by atoms with Crippen LogP contribution in [0.1, 0.15) is 16.8 Å². The topological polar surface area (TPSA) is 84.9 Å². The zero-order chi connectivity index (χ0) is 15.1. The van der Waals surface area contributed by atoms with Gasteiger partial charge in [-0.05, 0) is 12.1 Å². The van der Waals surface area contributed by atoms with Gasteiger partial charge >= 0.3 is 5.97 Å². The average Bonchev–Trinajstić information content (AvgIpc) is 2.42. The molecule has 1 unspecified atom stereocenters. The van der Waals surface area contributed by atoms with E-state index >= 15 is 0 Å². The first-order valence-corrected chi connectivity index (χ1v) is 5.84. The number of carbonyl (C=O) groups is 2. The zero-order valence-electron chi connectivity index (χ0n) is 11.2. The molecule has 0 bridgehead atoms. The molecule has 6 nitrogen and oxygen atoms in total. The number of rotatable bonds is 7. The summed E-state index contributed by atoms with van der Waals surface area (Å²) in [4.78, 5) is 22.5. The second-order valence-corrected chi connectivity index (χ2v) is 3.98. The van der Waals surface area contributed by atoms with Crippen molar-refractivity contribution >= 4 is 11.9 Å². The van der Waals surface area contributed by atoms with E-state index in [1.165, 1.54) is 26.4 Å². The summed E-state index contributed by atoms with van der Waals surface area (Å²) in [6, 6.07) is 4.03. The maximum Gasteiger partial charge on any atom is 0.306 e. The molecule has 0 aliphatic heterocycles. The second kappa shape index (κ2) is 7.44. The van der Waals surface area contributed by atoms with E-state index in [4.69, 9.17) is 14.6 Å². The van der Waals surface area contributed by atoms with Crippen LogP contribution in [0.2, 0.25) is 0 Å². The summed E-state index contributed by atoms with van der Waals surface area (Å²) in [5, 5.41) is 11.1. The van der Waals surface area contributed by atoms with Crippen molar-refractivity contribution in [1.29, 1.82) is 0 Å². The van der Waals surface area contributed by atoms with Gasteiger partial charge < -0.3 is 19.9 Å². The van der Waals surface area contributed by atoms with Crippen molar-refractivity contribution in [2.75, 3.05) is 20.8 Å². The van der Waals surface area contributed by atoms with Crippen molar-refractivity contribution in [2.45, 2.75) is 12.5 Å². The monoisotopic (exact) mass is 285 g/mol. The molecule has 0 aromatic heterocycles. The fourth-order valence-corrected chi connectivity index (χ4v) is 1.62. The van der Waals surface area contributed by atoms with Gasteiger partial charge in [-0.3, -0.25) is 9.59 Å². The summed E-state index contributed by atoms with van der Waals surface area (Å²) in [5.41, 5.74) is -0.222. The molecule has 1 amide bonds. The van der Waals surface area contributed by atoms with Gasteiger partial charge in [-0.2, -0.15) is 0 Å². The molecule has 2 N–H and O–H groups in total. The summed E-state index contributed by atoms with van der Waals surface area (Å²) in [6.45, 7) is -0.0425. The quantitative estimate of drug-likeness (QED) is 0.782. The highest BCUT2D eigenvalue weighted by Gasteiger charge is 2.19. The van der Waals surface area contributed by atoms with E-state index in [0.29, 0.717) is 0 Å². The smallest absolute Gasteiger partial charge is 0.306 e. The van der Waals surface area contributed by atoms with E-state index in [0.717, 1.165) is 6.07 Å². The maximum atomic E-state index is 13.6. The Hall–Kier alpha value is -2.15. The molecule has 1 rings (SSSR count). The van der Waals surface area contributed by atoms with E-state index in [9.17, 15) is 14.0 Å². The third-order valence-electron chi connectivity index (χ3n) is 2.65. The molecular formula is C13H16FNO5. The average molecular weight is 285 g/mol. The molecule has 7 heteroatoms. The van der Waals surface area contributed by atoms with Gasteiger partial charge in [0.25, 0.3) is 5.91 Å². The molecule has 1 aromatic carbocycles. The lowest BCUT2D eigenvalue weighted by Crippen LogP contribution is -2.35. The molecule has 0 radical (unpaired) electrons. The molecule has 110 valence electrons. The largest absolute Gasteiger partial charge is 0.496 e. The number of halogens is 1. The second-order valence-electron chi connectivity index (χ2n) is 3.98. The predicted molar refractivity (Wildman–Crippen MR) is 68.3 cm³/mol. The molecule has 0 saturated heterocycles. The summed E-state index contributed by atoms with van der Waals surface area (Å²) in [6.07, 6.45) is -0.945. The van der Waals surface area contributed by atoms with E-state index in [1.54, 1.807) is 0 Å². The van der Waals surface area contributed by atoms with E-state index < -0.39 is 23.8 Å². The summed E-state index contributed by atoms with van der Waals surface area (Å²) < 4.78 is 23.5. The number of methoxy groups -OCH3 is 2. The van der Waals surface area contributed by atoms with Gasteiger partial charge in [0.1, 0.15) is 17.1 Å². The zero-order valence-corrected chi connectivity index (χ0v) is 11.2. The van der Waals surface area contributed by atoms with Crippen molar-refractivity contribution in [2.24, 2.45) is 0 Å². The number of ether oxygens (including phenoxy) is 2. The lowest BCUT2D eigenvalue weighted by molar-refractivity contribution is -0.139. The van der Waals surface area contributed by atoms with Gasteiger partial charge in [-0.25, -0.2) is 4.39 Å². The molecule has 0 saturated carbocycles. The van der Waals surface area contributed by atoms with Gasteiger partial charge in [-0.1, -0.05) is 6.07 Å². The van der Waals surface area contributed by atoms with Crippen LogP contribution in [-0.2, 0) is 9.53 Å². The van der Waals surface area contributed by atoms with Crippen LogP contribution in [0.25, 0.3) is 0 Å². The fraction of sp³-hybridized carbons (Fsp3) is 0.385. The number of benzene rings is 1. The third kappa shape index (κ3) is 4.20. The minimum Gasteiger partial charge on any atom is -0.496 e. The standard InChI is InChI=1S/C13H16FNO5/c1-19-8(6-11(16)17)7-15-13(18)12-9(14)4-3-5-10(12)20-2/h3-5,8H,6-7H2,1-2H3,(H,15,18)(H,16,17). The Morgan fingerprint density at radius 2 is 2.10 bits per heavy atom. The molecule has 0 spiro atoms. The molecule has 0 aliphatic carbocycles. The first kappa shape index (κ1) is 15.9. The number of hydrogen-bond acceptors (Lipinski definition) is 4. The highest BCUT2D eigenvalue weighted by Crippen LogP contribution is 2.20. The first-order valence-electron chi connectivity index (χ1n) is 5.84. The maximum absolute atomic E-state index is 13.6. The van der Waals surface area contributed by atoms with Crippen molar-refractivity contribution in [3.8, 4) is 5.75 Å². The van der Waals surface area contributed by atoms with Crippen LogP contribution in [0.4, 0.5) is 4.39 Å². The Labute approximate surface area is 115 Å². The number of carboxylic acids is 1. The van der Waals surface area contributed by atoms with Crippen LogP contribution in [-0.4, -0.2) is 43.9 Å². The normalized spacial score (nSPS) is 11.8. The molecule has 0 aliphatic rings. The number of aliphatic carboxylic acids is 1. The number of carbonyl (C=O) groups excluding carboxylic acids is 1. The predicted octanol–water partition coefficient (Wildman–Crippen LogP) is 1.05. The number of hydrogen-bond donors (Lipinski definition) is 2. The fourth-order valence-electron chi connectivity index (χ4n) is 1.62. The molecule has 0 fully saturated rings. The van der Waals surface area contributed by atoms with E-state index in [-0.39, 0.29) is 24.3 Å². The van der Waals surface area contributed by atoms with Crippen molar-refractivity contribution in [1.82, 2.24) is 5.32 Å². The van der Waals surface area contributed by atoms with Gasteiger partial charge in [0.15, 0.2) is 0 Å². The Balaban J connectivity index is 2.74. The highest BCUT2D eigenvalue weighted by molar-refractivity contribution is 5.97. The number of nitrogens with one attached hydrogen (secondary N) is 1. The van der Waals surface area contributed by atoms with Crippen LogP contribution in [0, 0.1) is 5.82 Å². The molecule has 1 aromatic rings. The number of amides is 1. The Kier molecular flexibility index (Phi) is 5.92. The third-order valence-corrected chi connectivity index (χ3v) is 2.65. The molecular weight excluding hydrogens is 269 g/mol. The van der Waals surface area contributed by atoms with E-state index in [1.807, 2.05) is 0 Å². The summed E-state index contributed by atoms with van der Waals surface area (Å²) in [5.74, 6) is -2.34. The van der Waals surface area contributed by atoms with Crippen molar-refractivity contribution in [3.05, 3.63) is 29.6 Å². The van der Waals surface area contributed by atoms with Crippen LogP contribution in [0.3, 0.4) is 0 Å². The number of carboxylic acid groups (broad SMARTS) is 1. The van der Waals surface area contributed by atoms with E-state index in [2.05, 4.69) is 5.32 Å². The molecule has 1 atom stereocenters. The Morgan fingerprint density at radius 1 is 1.40 bits per heavy atom. The van der Waals surface area contributed by atoms with Crippen LogP contribution in [0.5, 0.6) is 5.75 Å².